The number of quaternary nitrogens is 1. The lowest BCUT2D eigenvalue weighted by Crippen LogP contribution is -2.53. The molecule has 100 valence electrons. The molecule has 0 aromatic heterocycles. The van der Waals surface area contributed by atoms with E-state index in [1.54, 1.807) is 6.92 Å². The minimum atomic E-state index is -1.75. The average Bonchev–Trinajstić information content (AvgIpc) is 2.10. The predicted octanol–water partition coefficient (Wildman–Crippen LogP) is -0.110. The van der Waals surface area contributed by atoms with Crippen LogP contribution in [0.25, 0.3) is 0 Å². The molecule has 0 aliphatic heterocycles. The van der Waals surface area contributed by atoms with Crippen molar-refractivity contribution in [1.82, 2.24) is 0 Å². The Morgan fingerprint density at radius 3 is 2.00 bits per heavy atom. The lowest BCUT2D eigenvalue weighted by atomic mass is 10.3. The van der Waals surface area contributed by atoms with Crippen LogP contribution in [-0.4, -0.2) is 54.1 Å². The fraction of sp³-hybridized carbons (Fsp3) is 0.667. The first-order chi connectivity index (χ1) is 7.52. The summed E-state index contributed by atoms with van der Waals surface area (Å²) in [6, 6.07) is 0. The van der Waals surface area contributed by atoms with Crippen molar-refractivity contribution in [2.45, 2.75) is 19.3 Å². The number of nitrogens with zero attached hydrogens (tertiary/aromatic N) is 2. The van der Waals surface area contributed by atoms with Crippen molar-refractivity contribution in [3.05, 3.63) is 28.0 Å². The molecule has 0 spiro atoms. The zero-order valence-electron chi connectivity index (χ0n) is 10.3. The van der Waals surface area contributed by atoms with Gasteiger partial charge in [0.2, 0.25) is 0 Å². The Balaban J connectivity index is 0. The van der Waals surface area contributed by atoms with Crippen molar-refractivity contribution in [2.24, 2.45) is 0 Å². The van der Waals surface area contributed by atoms with Gasteiger partial charge in [-0.2, -0.15) is 0 Å². The third-order valence-electron chi connectivity index (χ3n) is 1.58. The van der Waals surface area contributed by atoms with Crippen LogP contribution in [0.1, 0.15) is 6.92 Å². The predicted molar refractivity (Wildman–Crippen MR) is 60.2 cm³/mol. The molecule has 0 aliphatic rings. The molecule has 8 heteroatoms. The Morgan fingerprint density at radius 1 is 1.47 bits per heavy atom. The molecule has 0 amide bonds. The molecule has 0 aromatic rings. The second-order valence-corrected chi connectivity index (χ2v) is 4.11. The summed E-state index contributed by atoms with van der Waals surface area (Å²) in [7, 11) is 5.52. The van der Waals surface area contributed by atoms with Gasteiger partial charge in [-0.15, -0.1) is 0 Å². The van der Waals surface area contributed by atoms with Crippen molar-refractivity contribution in [3.8, 4) is 0 Å². The SMILES string of the molecule is C=CC(=O)OC(C(C)O)[N+](C)(C)C.O=[N+]([O-])[O-]. The fourth-order valence-corrected chi connectivity index (χ4v) is 1.07. The van der Waals surface area contributed by atoms with Gasteiger partial charge < -0.3 is 25.2 Å². The van der Waals surface area contributed by atoms with E-state index in [-0.39, 0.29) is 0 Å². The summed E-state index contributed by atoms with van der Waals surface area (Å²) < 4.78 is 5.35. The normalized spacial score (nSPS) is 13.7. The maximum Gasteiger partial charge on any atom is 0.334 e. The number of rotatable bonds is 4. The van der Waals surface area contributed by atoms with Crippen LogP contribution in [-0.2, 0) is 9.53 Å². The standard InChI is InChI=1S/C9H18NO3.NO3/c1-6-8(12)13-9(7(2)11)10(3,4)5;2-1(3)4/h6-7,9,11H,1H2,2-5H3;/q+1;-1. The van der Waals surface area contributed by atoms with Crippen molar-refractivity contribution >= 4 is 5.97 Å². The molecule has 0 aliphatic carbocycles. The van der Waals surface area contributed by atoms with Crippen LogP contribution in [0.3, 0.4) is 0 Å². The van der Waals surface area contributed by atoms with Gasteiger partial charge in [-0.05, 0) is 6.92 Å². The molecule has 1 N–H and O–H groups in total. The van der Waals surface area contributed by atoms with Gasteiger partial charge in [0.1, 0.15) is 6.10 Å². The van der Waals surface area contributed by atoms with Crippen LogP contribution in [0.2, 0.25) is 0 Å². The Labute approximate surface area is 99.4 Å². The highest BCUT2D eigenvalue weighted by atomic mass is 16.9. The average molecular weight is 250 g/mol. The molecule has 0 saturated carbocycles. The molecule has 0 fully saturated rings. The highest BCUT2D eigenvalue weighted by molar-refractivity contribution is 5.81. The van der Waals surface area contributed by atoms with Crippen LogP contribution in [0.15, 0.2) is 12.7 Å². The zero-order chi connectivity index (χ0) is 14.2. The second-order valence-electron chi connectivity index (χ2n) is 4.11. The number of carbonyl (C=O) groups is 1. The maximum absolute atomic E-state index is 10.9. The largest absolute Gasteiger partial charge is 0.406 e. The Bertz CT molecular complexity index is 267. The van der Waals surface area contributed by atoms with Gasteiger partial charge in [-0.25, -0.2) is 4.79 Å². The summed E-state index contributed by atoms with van der Waals surface area (Å²) in [5.41, 5.74) is 0. The summed E-state index contributed by atoms with van der Waals surface area (Å²) in [6.07, 6.45) is -0.181. The molecule has 0 saturated heterocycles. The number of carbonyl (C=O) groups excluding carboxylic acids is 1. The van der Waals surface area contributed by atoms with Gasteiger partial charge in [0, 0.05) is 6.08 Å². The van der Waals surface area contributed by atoms with E-state index in [2.05, 4.69) is 6.58 Å². The molecule has 0 bridgehead atoms. The number of likely N-dealkylation sites (N-methyl/N-ethyl adjacent to an activating group) is 1. The van der Waals surface area contributed by atoms with Crippen LogP contribution < -0.4 is 0 Å². The summed E-state index contributed by atoms with van der Waals surface area (Å²) in [5.74, 6) is -0.515. The van der Waals surface area contributed by atoms with Gasteiger partial charge in [0.15, 0.2) is 0 Å². The molecule has 2 unspecified atom stereocenters. The first kappa shape index (κ1) is 17.7. The molecule has 17 heavy (non-hydrogen) atoms. The summed E-state index contributed by atoms with van der Waals surface area (Å²) in [4.78, 5) is 19.2. The first-order valence-corrected chi connectivity index (χ1v) is 4.66. The Morgan fingerprint density at radius 2 is 1.82 bits per heavy atom. The lowest BCUT2D eigenvalue weighted by molar-refractivity contribution is -0.920. The molecule has 2 atom stereocenters. The fourth-order valence-electron chi connectivity index (χ4n) is 1.07. The second kappa shape index (κ2) is 7.58. The van der Waals surface area contributed by atoms with E-state index in [1.165, 1.54) is 0 Å². The van der Waals surface area contributed by atoms with E-state index in [9.17, 15) is 9.90 Å². The monoisotopic (exact) mass is 250 g/mol. The van der Waals surface area contributed by atoms with Crippen LogP contribution in [0.4, 0.5) is 0 Å². The molecular formula is C9H18N2O6. The van der Waals surface area contributed by atoms with E-state index in [0.717, 1.165) is 6.08 Å². The van der Waals surface area contributed by atoms with Gasteiger partial charge >= 0.3 is 5.97 Å². The smallest absolute Gasteiger partial charge is 0.334 e. The molecule has 0 radical (unpaired) electrons. The van der Waals surface area contributed by atoms with Crippen molar-refractivity contribution in [1.29, 1.82) is 0 Å². The highest BCUT2D eigenvalue weighted by Gasteiger charge is 2.31. The van der Waals surface area contributed by atoms with E-state index in [1.807, 2.05) is 21.1 Å². The number of hydrogen-bond donors (Lipinski definition) is 1. The van der Waals surface area contributed by atoms with Gasteiger partial charge in [0.25, 0.3) is 6.23 Å². The van der Waals surface area contributed by atoms with Crippen LogP contribution in [0, 0.1) is 15.3 Å². The third kappa shape index (κ3) is 10.6. The number of aliphatic hydroxyl groups excluding tert-OH is 1. The van der Waals surface area contributed by atoms with Gasteiger partial charge in [-0.3, -0.25) is 4.48 Å². The molecule has 8 nitrogen and oxygen atoms in total. The summed E-state index contributed by atoms with van der Waals surface area (Å²) in [5, 5.41) is 24.1. The van der Waals surface area contributed by atoms with Crippen LogP contribution in [0.5, 0.6) is 0 Å². The van der Waals surface area contributed by atoms with Crippen LogP contribution >= 0.6 is 0 Å². The minimum absolute atomic E-state index is 0.358. The highest BCUT2D eigenvalue weighted by Crippen LogP contribution is 2.09. The molecule has 0 aromatic carbocycles. The number of aliphatic hydroxyl groups is 1. The lowest BCUT2D eigenvalue weighted by Gasteiger charge is -2.34. The third-order valence-corrected chi connectivity index (χ3v) is 1.58. The number of ether oxygens (including phenoxy) is 1. The molecular weight excluding hydrogens is 232 g/mol. The van der Waals surface area contributed by atoms with E-state index in [4.69, 9.17) is 20.1 Å². The number of esters is 1. The quantitative estimate of drug-likeness (QED) is 0.186. The van der Waals surface area contributed by atoms with E-state index in [0.29, 0.717) is 4.48 Å². The topological polar surface area (TPSA) is 113 Å². The van der Waals surface area contributed by atoms with E-state index >= 15 is 0 Å². The molecule has 0 heterocycles. The van der Waals surface area contributed by atoms with Crippen molar-refractivity contribution in [3.63, 3.8) is 0 Å². The minimum Gasteiger partial charge on any atom is -0.406 e. The summed E-state index contributed by atoms with van der Waals surface area (Å²) in [6.45, 7) is 4.88. The van der Waals surface area contributed by atoms with Crippen molar-refractivity contribution in [2.75, 3.05) is 21.1 Å². The van der Waals surface area contributed by atoms with E-state index < -0.39 is 23.4 Å². The Kier molecular flexibility index (Phi) is 7.90. The first-order valence-electron chi connectivity index (χ1n) is 4.66. The number of hydrogen-bond acceptors (Lipinski definition) is 6. The van der Waals surface area contributed by atoms with Gasteiger partial charge in [-0.1, -0.05) is 6.58 Å². The zero-order valence-corrected chi connectivity index (χ0v) is 10.3. The molecule has 0 rings (SSSR count). The van der Waals surface area contributed by atoms with Crippen molar-refractivity contribution < 1.29 is 24.2 Å². The Hall–Kier alpha value is -1.67. The maximum atomic E-state index is 10.9. The van der Waals surface area contributed by atoms with Gasteiger partial charge in [0.05, 0.1) is 26.2 Å². The summed E-state index contributed by atoms with van der Waals surface area (Å²) >= 11 is 0.